The molecule has 1 aromatic carbocycles. The summed E-state index contributed by atoms with van der Waals surface area (Å²) in [6, 6.07) is 9.91. The Morgan fingerprint density at radius 2 is 1.88 bits per heavy atom. The van der Waals surface area contributed by atoms with E-state index in [-0.39, 0.29) is 5.91 Å². The number of piperazine rings is 1. The van der Waals surface area contributed by atoms with E-state index in [9.17, 15) is 4.79 Å². The number of amides is 1. The van der Waals surface area contributed by atoms with Gasteiger partial charge in [-0.1, -0.05) is 0 Å². The average Bonchev–Trinajstić information content (AvgIpc) is 3.44. The van der Waals surface area contributed by atoms with Gasteiger partial charge >= 0.3 is 0 Å². The molecule has 1 fully saturated rings. The number of aromatic nitrogens is 4. The van der Waals surface area contributed by atoms with Gasteiger partial charge in [-0.3, -0.25) is 9.89 Å². The molecule has 4 heterocycles. The van der Waals surface area contributed by atoms with E-state index < -0.39 is 0 Å². The minimum absolute atomic E-state index is 0.273. The van der Waals surface area contributed by atoms with Crippen LogP contribution in [-0.2, 0) is 0 Å². The Morgan fingerprint density at radius 3 is 2.66 bits per heavy atom. The van der Waals surface area contributed by atoms with Crippen molar-refractivity contribution < 1.29 is 4.79 Å². The number of rotatable bonds is 5. The molecule has 0 unspecified atom stereocenters. The second kappa shape index (κ2) is 8.56. The van der Waals surface area contributed by atoms with Crippen molar-refractivity contribution in [3.63, 3.8) is 0 Å². The number of H-pyrrole nitrogens is 1. The van der Waals surface area contributed by atoms with Crippen molar-refractivity contribution in [3.05, 3.63) is 53.4 Å². The summed E-state index contributed by atoms with van der Waals surface area (Å²) < 4.78 is 0. The summed E-state index contributed by atoms with van der Waals surface area (Å²) in [5.74, 6) is 1.04. The Bertz CT molecular complexity index is 1240. The predicted molar refractivity (Wildman–Crippen MR) is 128 cm³/mol. The number of hydrogen-bond donors (Lipinski definition) is 3. The molecule has 0 spiro atoms. The maximum absolute atomic E-state index is 12.9. The second-order valence-electron chi connectivity index (χ2n) is 7.83. The van der Waals surface area contributed by atoms with Gasteiger partial charge in [0.1, 0.15) is 22.2 Å². The van der Waals surface area contributed by atoms with Gasteiger partial charge in [-0.15, -0.1) is 11.3 Å². The normalized spacial score (nSPS) is 14.6. The number of fused-ring (bicyclic) bond motifs is 1. The molecular weight excluding hydrogens is 424 g/mol. The molecule has 10 heteroatoms. The fourth-order valence-corrected chi connectivity index (χ4v) is 4.56. The summed E-state index contributed by atoms with van der Waals surface area (Å²) >= 11 is 1.55. The van der Waals surface area contributed by atoms with Gasteiger partial charge in [-0.2, -0.15) is 5.10 Å². The minimum atomic E-state index is -0.273. The molecule has 3 aromatic heterocycles. The van der Waals surface area contributed by atoms with E-state index in [0.29, 0.717) is 23.0 Å². The van der Waals surface area contributed by atoms with Crippen LogP contribution in [0.5, 0.6) is 0 Å². The van der Waals surface area contributed by atoms with Gasteiger partial charge in [0.05, 0.1) is 17.3 Å². The molecule has 4 aromatic rings. The number of nitrogens with zero attached hydrogens (tertiary/aromatic N) is 5. The van der Waals surface area contributed by atoms with Gasteiger partial charge in [-0.25, -0.2) is 9.97 Å². The molecule has 32 heavy (non-hydrogen) atoms. The van der Waals surface area contributed by atoms with E-state index in [1.165, 1.54) is 5.69 Å². The second-order valence-corrected chi connectivity index (χ2v) is 8.73. The first-order valence-corrected chi connectivity index (χ1v) is 11.3. The van der Waals surface area contributed by atoms with Crippen molar-refractivity contribution in [1.82, 2.24) is 25.1 Å². The minimum Gasteiger partial charge on any atom is -0.369 e. The number of thiophene rings is 1. The first-order chi connectivity index (χ1) is 15.6. The van der Waals surface area contributed by atoms with Crippen LogP contribution in [0.15, 0.2) is 41.9 Å². The number of carbonyl (C=O) groups is 1. The highest BCUT2D eigenvalue weighted by atomic mass is 32.1. The molecule has 1 aliphatic heterocycles. The molecule has 0 bridgehead atoms. The first kappa shape index (κ1) is 20.4. The summed E-state index contributed by atoms with van der Waals surface area (Å²) in [5.41, 5.74) is 2.79. The van der Waals surface area contributed by atoms with Crippen LogP contribution < -0.4 is 15.5 Å². The van der Waals surface area contributed by atoms with Gasteiger partial charge in [-0.05, 0) is 49.7 Å². The largest absolute Gasteiger partial charge is 0.369 e. The smallest absolute Gasteiger partial charge is 0.275 e. The van der Waals surface area contributed by atoms with Crippen molar-refractivity contribution >= 4 is 50.3 Å². The zero-order chi connectivity index (χ0) is 22.1. The van der Waals surface area contributed by atoms with E-state index in [1.54, 1.807) is 17.5 Å². The van der Waals surface area contributed by atoms with Crippen LogP contribution in [0.4, 0.5) is 22.9 Å². The Hall–Kier alpha value is -3.50. The third-order valence-electron chi connectivity index (χ3n) is 5.55. The van der Waals surface area contributed by atoms with Crippen LogP contribution in [-0.4, -0.2) is 64.2 Å². The summed E-state index contributed by atoms with van der Waals surface area (Å²) in [5, 5.41) is 15.9. The van der Waals surface area contributed by atoms with Crippen LogP contribution in [0.3, 0.4) is 0 Å². The van der Waals surface area contributed by atoms with Crippen molar-refractivity contribution in [2.24, 2.45) is 0 Å². The first-order valence-electron chi connectivity index (χ1n) is 10.4. The lowest BCUT2D eigenvalue weighted by Gasteiger charge is -2.34. The highest BCUT2D eigenvalue weighted by Gasteiger charge is 2.18. The molecule has 3 N–H and O–H groups in total. The van der Waals surface area contributed by atoms with E-state index in [2.05, 4.69) is 47.6 Å². The number of hydrogen-bond acceptors (Lipinski definition) is 8. The monoisotopic (exact) mass is 448 g/mol. The van der Waals surface area contributed by atoms with Crippen molar-refractivity contribution in [3.8, 4) is 0 Å². The molecular formula is C22H24N8OS. The van der Waals surface area contributed by atoms with Crippen molar-refractivity contribution in [2.75, 3.05) is 48.8 Å². The van der Waals surface area contributed by atoms with E-state index in [4.69, 9.17) is 0 Å². The van der Waals surface area contributed by atoms with Gasteiger partial charge < -0.3 is 20.4 Å². The van der Waals surface area contributed by atoms with E-state index in [1.807, 2.05) is 42.6 Å². The molecule has 164 valence electrons. The highest BCUT2D eigenvalue weighted by molar-refractivity contribution is 7.16. The zero-order valence-electron chi connectivity index (χ0n) is 17.9. The third kappa shape index (κ3) is 4.14. The van der Waals surface area contributed by atoms with Crippen LogP contribution >= 0.6 is 11.3 Å². The summed E-state index contributed by atoms with van der Waals surface area (Å²) in [4.78, 5) is 27.4. The fraction of sp³-hybridized carbons (Fsp3) is 0.273. The van der Waals surface area contributed by atoms with Gasteiger partial charge in [0.2, 0.25) is 0 Å². The number of nitrogens with one attached hydrogen (secondary N) is 3. The topological polar surface area (TPSA) is 102 Å². The lowest BCUT2D eigenvalue weighted by atomic mass is 10.2. The van der Waals surface area contributed by atoms with Gasteiger partial charge in [0.15, 0.2) is 0 Å². The quantitative estimate of drug-likeness (QED) is 0.430. The van der Waals surface area contributed by atoms with Crippen LogP contribution in [0.25, 0.3) is 10.2 Å². The zero-order valence-corrected chi connectivity index (χ0v) is 18.7. The van der Waals surface area contributed by atoms with Crippen LogP contribution in [0, 0.1) is 6.92 Å². The molecule has 9 nitrogen and oxygen atoms in total. The number of carbonyl (C=O) groups excluding carboxylic acids is 1. The molecule has 0 atom stereocenters. The molecule has 0 saturated carbocycles. The maximum Gasteiger partial charge on any atom is 0.275 e. The SMILES string of the molecule is Cc1nc(Nc2cn[nH]c2C(=O)Nc2ccc(N3CCN(C)CC3)cc2)c2ccsc2n1. The summed E-state index contributed by atoms with van der Waals surface area (Å²) in [6.07, 6.45) is 1.58. The third-order valence-corrected chi connectivity index (χ3v) is 6.36. The summed E-state index contributed by atoms with van der Waals surface area (Å²) in [7, 11) is 2.14. The lowest BCUT2D eigenvalue weighted by Crippen LogP contribution is -2.44. The molecule has 1 aliphatic rings. The number of anilines is 4. The Balaban J connectivity index is 1.30. The number of benzene rings is 1. The van der Waals surface area contributed by atoms with Gasteiger partial charge in [0.25, 0.3) is 5.91 Å². The summed E-state index contributed by atoms with van der Waals surface area (Å²) in [6.45, 7) is 5.96. The maximum atomic E-state index is 12.9. The molecule has 1 amide bonds. The Labute approximate surface area is 189 Å². The van der Waals surface area contributed by atoms with Crippen molar-refractivity contribution in [2.45, 2.75) is 6.92 Å². The van der Waals surface area contributed by atoms with Crippen molar-refractivity contribution in [1.29, 1.82) is 0 Å². The number of aromatic amines is 1. The Morgan fingerprint density at radius 1 is 1.09 bits per heavy atom. The fourth-order valence-electron chi connectivity index (χ4n) is 3.75. The number of aryl methyl sites for hydroxylation is 1. The van der Waals surface area contributed by atoms with Crippen LogP contribution in [0.2, 0.25) is 0 Å². The van der Waals surface area contributed by atoms with Crippen LogP contribution in [0.1, 0.15) is 16.3 Å². The average molecular weight is 449 g/mol. The van der Waals surface area contributed by atoms with E-state index >= 15 is 0 Å². The standard InChI is InChI=1S/C22H24N8OS/c1-14-24-20(17-7-12-32-22(17)25-14)27-18-13-23-28-19(18)21(31)26-15-3-5-16(6-4-15)30-10-8-29(2)9-11-30/h3-7,12-13H,8-11H2,1-2H3,(H,23,28)(H,26,31)(H,24,25,27). The Kier molecular flexibility index (Phi) is 5.46. The van der Waals surface area contributed by atoms with Gasteiger partial charge in [0, 0.05) is 37.6 Å². The molecule has 1 saturated heterocycles. The highest BCUT2D eigenvalue weighted by Crippen LogP contribution is 2.28. The lowest BCUT2D eigenvalue weighted by molar-refractivity contribution is 0.102. The predicted octanol–water partition coefficient (Wildman–Crippen LogP) is 3.47. The number of likely N-dealkylation sites (N-methyl/N-ethyl adjacent to an activating group) is 1. The molecule has 0 radical (unpaired) electrons. The molecule has 0 aliphatic carbocycles. The van der Waals surface area contributed by atoms with E-state index in [0.717, 1.165) is 42.1 Å². The molecule has 5 rings (SSSR count).